The zero-order valence-electron chi connectivity index (χ0n) is 14.3. The third-order valence-electron chi connectivity index (χ3n) is 3.50. The van der Waals surface area contributed by atoms with E-state index in [0.29, 0.717) is 18.3 Å². The molecule has 1 aromatic carbocycles. The highest BCUT2D eigenvalue weighted by molar-refractivity contribution is 5.46. The quantitative estimate of drug-likeness (QED) is 0.646. The van der Waals surface area contributed by atoms with Gasteiger partial charge in [0.2, 0.25) is 5.95 Å². The standard InChI is InChI=1S/C17H25N5O2/c1-3-4-11-19-15-16(21-22-17(18)20-15)24-12-5-6-13-7-9-14(23-2)10-8-13/h7-10H,3-6,11-12H2,1-2H3,(H3,18,19,20,22). The van der Waals surface area contributed by atoms with Crippen molar-refractivity contribution in [3.8, 4) is 11.6 Å². The summed E-state index contributed by atoms with van der Waals surface area (Å²) in [6.07, 6.45) is 3.92. The summed E-state index contributed by atoms with van der Waals surface area (Å²) < 4.78 is 10.9. The minimum atomic E-state index is 0.139. The number of aryl methyl sites for hydroxylation is 1. The van der Waals surface area contributed by atoms with Gasteiger partial charge in [0.25, 0.3) is 5.88 Å². The predicted molar refractivity (Wildman–Crippen MR) is 94.4 cm³/mol. The molecule has 0 fully saturated rings. The molecule has 0 aliphatic heterocycles. The number of unbranched alkanes of at least 4 members (excludes halogenated alkanes) is 1. The first kappa shape index (κ1) is 17.8. The van der Waals surface area contributed by atoms with Crippen molar-refractivity contribution < 1.29 is 9.47 Å². The predicted octanol–water partition coefficient (Wildman–Crippen LogP) is 2.69. The highest BCUT2D eigenvalue weighted by Crippen LogP contribution is 2.19. The molecule has 0 unspecified atom stereocenters. The van der Waals surface area contributed by atoms with Gasteiger partial charge >= 0.3 is 0 Å². The molecule has 1 heterocycles. The molecule has 7 nitrogen and oxygen atoms in total. The first-order valence-corrected chi connectivity index (χ1v) is 8.22. The summed E-state index contributed by atoms with van der Waals surface area (Å²) in [5.41, 5.74) is 6.83. The third kappa shape index (κ3) is 5.57. The van der Waals surface area contributed by atoms with Crippen molar-refractivity contribution in [2.45, 2.75) is 32.6 Å². The van der Waals surface area contributed by atoms with Gasteiger partial charge in [-0.05, 0) is 37.0 Å². The fourth-order valence-corrected chi connectivity index (χ4v) is 2.16. The van der Waals surface area contributed by atoms with Gasteiger partial charge in [0, 0.05) is 6.54 Å². The van der Waals surface area contributed by atoms with E-state index in [1.54, 1.807) is 7.11 Å². The van der Waals surface area contributed by atoms with Crippen LogP contribution in [0.5, 0.6) is 11.6 Å². The Morgan fingerprint density at radius 2 is 1.92 bits per heavy atom. The maximum atomic E-state index is 5.71. The monoisotopic (exact) mass is 331 g/mol. The van der Waals surface area contributed by atoms with E-state index < -0.39 is 0 Å². The molecule has 1 aromatic heterocycles. The van der Waals surface area contributed by atoms with Gasteiger partial charge in [0.15, 0.2) is 5.82 Å². The molecule has 0 aliphatic carbocycles. The SMILES string of the molecule is CCCCNc1nc(N)nnc1OCCCc1ccc(OC)cc1. The number of nitrogens with one attached hydrogen (secondary N) is 1. The van der Waals surface area contributed by atoms with E-state index in [4.69, 9.17) is 15.2 Å². The van der Waals surface area contributed by atoms with Gasteiger partial charge in [-0.2, -0.15) is 4.98 Å². The van der Waals surface area contributed by atoms with Crippen molar-refractivity contribution in [2.24, 2.45) is 0 Å². The van der Waals surface area contributed by atoms with Crippen LogP contribution in [0.25, 0.3) is 0 Å². The van der Waals surface area contributed by atoms with Gasteiger partial charge in [-0.25, -0.2) is 0 Å². The van der Waals surface area contributed by atoms with Gasteiger partial charge in [0.05, 0.1) is 13.7 Å². The Morgan fingerprint density at radius 1 is 1.12 bits per heavy atom. The lowest BCUT2D eigenvalue weighted by Crippen LogP contribution is -2.11. The molecule has 2 rings (SSSR count). The van der Waals surface area contributed by atoms with Crippen LogP contribution in [0, 0.1) is 0 Å². The molecule has 0 amide bonds. The van der Waals surface area contributed by atoms with Gasteiger partial charge in [-0.1, -0.05) is 25.5 Å². The largest absolute Gasteiger partial charge is 0.497 e. The molecule has 130 valence electrons. The lowest BCUT2D eigenvalue weighted by atomic mass is 10.1. The number of nitrogen functional groups attached to an aromatic ring is 1. The number of nitrogens with zero attached hydrogens (tertiary/aromatic N) is 3. The number of nitrogens with two attached hydrogens (primary N) is 1. The van der Waals surface area contributed by atoms with Crippen molar-refractivity contribution in [1.82, 2.24) is 15.2 Å². The van der Waals surface area contributed by atoms with Crippen molar-refractivity contribution in [2.75, 3.05) is 31.3 Å². The number of benzene rings is 1. The molecule has 7 heteroatoms. The summed E-state index contributed by atoms with van der Waals surface area (Å²) >= 11 is 0. The lowest BCUT2D eigenvalue weighted by Gasteiger charge is -2.11. The molecule has 0 bridgehead atoms. The van der Waals surface area contributed by atoms with E-state index in [0.717, 1.165) is 38.0 Å². The molecule has 0 aliphatic rings. The van der Waals surface area contributed by atoms with Crippen LogP contribution < -0.4 is 20.5 Å². The van der Waals surface area contributed by atoms with Gasteiger partial charge in [-0.15, -0.1) is 10.2 Å². The molecule has 0 spiro atoms. The van der Waals surface area contributed by atoms with Gasteiger partial charge < -0.3 is 20.5 Å². The number of aromatic nitrogens is 3. The van der Waals surface area contributed by atoms with Gasteiger partial charge in [0.1, 0.15) is 5.75 Å². The van der Waals surface area contributed by atoms with E-state index in [1.807, 2.05) is 12.1 Å². The van der Waals surface area contributed by atoms with E-state index >= 15 is 0 Å². The van der Waals surface area contributed by atoms with Crippen LogP contribution in [-0.2, 0) is 6.42 Å². The fraction of sp³-hybridized carbons (Fsp3) is 0.471. The molecule has 3 N–H and O–H groups in total. The van der Waals surface area contributed by atoms with Crippen molar-refractivity contribution in [1.29, 1.82) is 0 Å². The van der Waals surface area contributed by atoms with E-state index in [1.165, 1.54) is 5.56 Å². The van der Waals surface area contributed by atoms with Crippen molar-refractivity contribution in [3.05, 3.63) is 29.8 Å². The zero-order chi connectivity index (χ0) is 17.2. The number of hydrogen-bond acceptors (Lipinski definition) is 7. The Balaban J connectivity index is 1.82. The zero-order valence-corrected chi connectivity index (χ0v) is 14.3. The number of rotatable bonds is 10. The second-order valence-electron chi connectivity index (χ2n) is 5.40. The fourth-order valence-electron chi connectivity index (χ4n) is 2.16. The number of anilines is 2. The highest BCUT2D eigenvalue weighted by Gasteiger charge is 2.09. The molecule has 2 aromatic rings. The Hall–Kier alpha value is -2.57. The topological polar surface area (TPSA) is 95.2 Å². The minimum absolute atomic E-state index is 0.139. The minimum Gasteiger partial charge on any atom is -0.497 e. The second-order valence-corrected chi connectivity index (χ2v) is 5.40. The van der Waals surface area contributed by atoms with Crippen molar-refractivity contribution >= 4 is 11.8 Å². The Labute approximate surface area is 142 Å². The van der Waals surface area contributed by atoms with E-state index in [2.05, 4.69) is 39.6 Å². The summed E-state index contributed by atoms with van der Waals surface area (Å²) in [6, 6.07) is 8.03. The third-order valence-corrected chi connectivity index (χ3v) is 3.50. The molecular formula is C17H25N5O2. The first-order chi connectivity index (χ1) is 11.7. The Bertz CT molecular complexity index is 619. The summed E-state index contributed by atoms with van der Waals surface area (Å²) in [6.45, 7) is 3.47. The van der Waals surface area contributed by atoms with Crippen LogP contribution in [0.1, 0.15) is 31.7 Å². The lowest BCUT2D eigenvalue weighted by molar-refractivity contribution is 0.296. The summed E-state index contributed by atoms with van der Waals surface area (Å²) in [5, 5.41) is 10.9. The normalized spacial score (nSPS) is 10.4. The maximum absolute atomic E-state index is 5.71. The summed E-state index contributed by atoms with van der Waals surface area (Å²) in [5.74, 6) is 1.95. The smallest absolute Gasteiger partial charge is 0.276 e. The molecule has 0 saturated heterocycles. The Kier molecular flexibility index (Phi) is 7.07. The molecular weight excluding hydrogens is 306 g/mol. The van der Waals surface area contributed by atoms with Crippen LogP contribution in [0.4, 0.5) is 11.8 Å². The molecule has 0 saturated carbocycles. The average Bonchev–Trinajstić information content (AvgIpc) is 2.61. The molecule has 24 heavy (non-hydrogen) atoms. The van der Waals surface area contributed by atoms with Crippen LogP contribution in [0.15, 0.2) is 24.3 Å². The van der Waals surface area contributed by atoms with Crippen LogP contribution in [-0.4, -0.2) is 35.4 Å². The highest BCUT2D eigenvalue weighted by atomic mass is 16.5. The molecule has 0 radical (unpaired) electrons. The number of hydrogen-bond donors (Lipinski definition) is 2. The second kappa shape index (κ2) is 9.54. The Morgan fingerprint density at radius 3 is 2.62 bits per heavy atom. The van der Waals surface area contributed by atoms with Crippen LogP contribution in [0.3, 0.4) is 0 Å². The van der Waals surface area contributed by atoms with E-state index in [9.17, 15) is 0 Å². The number of ether oxygens (including phenoxy) is 2. The first-order valence-electron chi connectivity index (χ1n) is 8.22. The van der Waals surface area contributed by atoms with Crippen LogP contribution >= 0.6 is 0 Å². The summed E-state index contributed by atoms with van der Waals surface area (Å²) in [7, 11) is 1.66. The average molecular weight is 331 g/mol. The van der Waals surface area contributed by atoms with Crippen LogP contribution in [0.2, 0.25) is 0 Å². The number of methoxy groups -OCH3 is 1. The van der Waals surface area contributed by atoms with Gasteiger partial charge in [-0.3, -0.25) is 0 Å². The summed E-state index contributed by atoms with van der Waals surface area (Å²) in [4.78, 5) is 4.16. The van der Waals surface area contributed by atoms with Crippen molar-refractivity contribution in [3.63, 3.8) is 0 Å². The maximum Gasteiger partial charge on any atom is 0.276 e. The molecule has 0 atom stereocenters. The van der Waals surface area contributed by atoms with E-state index in [-0.39, 0.29) is 5.95 Å².